The summed E-state index contributed by atoms with van der Waals surface area (Å²) < 4.78 is 5.94. The minimum absolute atomic E-state index is 0.0630. The van der Waals surface area contributed by atoms with E-state index in [0.717, 1.165) is 89.9 Å². The lowest BCUT2D eigenvalue weighted by atomic mass is 10.0. The lowest BCUT2D eigenvalue weighted by molar-refractivity contribution is -0.151. The number of hydrogen-bond donors (Lipinski definition) is 3. The van der Waals surface area contributed by atoms with Crippen molar-refractivity contribution in [2.75, 3.05) is 6.61 Å². The Morgan fingerprint density at radius 2 is 0.859 bits per heavy atom. The molecule has 0 aliphatic rings. The van der Waals surface area contributed by atoms with Crippen molar-refractivity contribution < 1.29 is 24.5 Å². The Morgan fingerprint density at radius 3 is 1.34 bits per heavy atom. The van der Waals surface area contributed by atoms with Crippen LogP contribution in [0.5, 0.6) is 0 Å². The Hall–Kier alpha value is -2.44. The Morgan fingerprint density at radius 1 is 0.469 bits per heavy atom. The fraction of sp³-hybridized carbons (Fsp3) is 0.793. The number of ether oxygens (including phenoxy) is 1. The standard InChI is InChI=1S/C58H105NO5/c1-4-7-10-13-16-19-22-24-26-28-30-32-34-36-39-42-45-48-51-58(63)64-54(49-46-43-40-37-35-33-31-29-27-25-23-20-17-14-11-8-5-2)52-57(62)59-55(53-60)56(61)50-47-44-41-38-21-18-15-12-9-6-3/h17,20,22,24-28,30,32,54-56,60-61H,4-16,18-19,21,23,29,31,33-53H2,1-3H3,(H,59,62)/b20-17-,24-22+,27-25-,28-26+,32-30+. The Kier molecular flexibility index (Phi) is 49.6. The van der Waals surface area contributed by atoms with Gasteiger partial charge in [-0.2, -0.15) is 0 Å². The van der Waals surface area contributed by atoms with Crippen LogP contribution >= 0.6 is 0 Å². The molecule has 0 fully saturated rings. The van der Waals surface area contributed by atoms with E-state index in [4.69, 9.17) is 4.74 Å². The van der Waals surface area contributed by atoms with Crippen LogP contribution in [0.1, 0.15) is 271 Å². The molecule has 0 rings (SSSR count). The Labute approximate surface area is 397 Å². The molecule has 1 amide bonds. The molecule has 372 valence electrons. The van der Waals surface area contributed by atoms with Gasteiger partial charge in [0.1, 0.15) is 6.10 Å². The number of carbonyl (C=O) groups excluding carboxylic acids is 2. The number of amides is 1. The second kappa shape index (κ2) is 51.5. The molecule has 0 aliphatic carbocycles. The van der Waals surface area contributed by atoms with Gasteiger partial charge in [0, 0.05) is 6.42 Å². The summed E-state index contributed by atoms with van der Waals surface area (Å²) in [5, 5.41) is 23.8. The summed E-state index contributed by atoms with van der Waals surface area (Å²) in [6, 6.07) is -0.709. The summed E-state index contributed by atoms with van der Waals surface area (Å²) in [5.74, 6) is -0.500. The maximum atomic E-state index is 13.2. The molecular weight excluding hydrogens is 791 g/mol. The van der Waals surface area contributed by atoms with Crippen molar-refractivity contribution >= 4 is 11.9 Å². The first-order valence-corrected chi connectivity index (χ1v) is 27.5. The van der Waals surface area contributed by atoms with Gasteiger partial charge in [-0.15, -0.1) is 0 Å². The molecule has 6 nitrogen and oxygen atoms in total. The smallest absolute Gasteiger partial charge is 0.306 e. The van der Waals surface area contributed by atoms with Gasteiger partial charge in [0.05, 0.1) is 25.2 Å². The topological polar surface area (TPSA) is 95.9 Å². The van der Waals surface area contributed by atoms with Crippen molar-refractivity contribution in [3.63, 3.8) is 0 Å². The molecule has 3 N–H and O–H groups in total. The van der Waals surface area contributed by atoms with E-state index in [1.165, 1.54) is 135 Å². The minimum Gasteiger partial charge on any atom is -0.462 e. The normalized spacial score (nSPS) is 13.6. The van der Waals surface area contributed by atoms with Gasteiger partial charge in [0.15, 0.2) is 0 Å². The van der Waals surface area contributed by atoms with Crippen LogP contribution in [0.3, 0.4) is 0 Å². The molecule has 0 aromatic carbocycles. The van der Waals surface area contributed by atoms with Crippen molar-refractivity contribution in [2.24, 2.45) is 0 Å². The van der Waals surface area contributed by atoms with Crippen LogP contribution in [-0.2, 0) is 14.3 Å². The quantitative estimate of drug-likeness (QED) is 0.0245. The van der Waals surface area contributed by atoms with E-state index in [2.05, 4.69) is 86.8 Å². The average molecular weight is 896 g/mol. The van der Waals surface area contributed by atoms with Crippen LogP contribution in [0, 0.1) is 0 Å². The van der Waals surface area contributed by atoms with Gasteiger partial charge in [0.2, 0.25) is 5.91 Å². The van der Waals surface area contributed by atoms with E-state index in [0.29, 0.717) is 19.3 Å². The lowest BCUT2D eigenvalue weighted by Gasteiger charge is -2.24. The number of unbranched alkanes of at least 4 members (excludes halogenated alkanes) is 29. The second-order valence-corrected chi connectivity index (χ2v) is 18.7. The Balaban J connectivity index is 4.62. The Bertz CT molecular complexity index is 1140. The SMILES string of the molecule is CCCCC/C=C\C/C=C\CCCCCCCCCC(CC(=O)NC(CO)C(O)CCCCCCCCCCCC)OC(=O)CCCCCCC/C=C/C=C/C=C/CCCCCCC. The first-order chi connectivity index (χ1) is 31.5. The molecule has 0 saturated heterocycles. The number of rotatable bonds is 49. The maximum absolute atomic E-state index is 13.2. The molecule has 0 saturated carbocycles. The van der Waals surface area contributed by atoms with Crippen LogP contribution in [-0.4, -0.2) is 46.9 Å². The van der Waals surface area contributed by atoms with Gasteiger partial charge in [-0.25, -0.2) is 0 Å². The zero-order valence-corrected chi connectivity index (χ0v) is 42.4. The van der Waals surface area contributed by atoms with Gasteiger partial charge in [-0.05, 0) is 83.5 Å². The zero-order valence-electron chi connectivity index (χ0n) is 42.4. The summed E-state index contributed by atoms with van der Waals surface area (Å²) >= 11 is 0. The van der Waals surface area contributed by atoms with E-state index < -0.39 is 18.2 Å². The third kappa shape index (κ3) is 46.1. The molecule has 6 heteroatoms. The molecule has 0 aromatic heterocycles. The van der Waals surface area contributed by atoms with Gasteiger partial charge < -0.3 is 20.3 Å². The summed E-state index contributed by atoms with van der Waals surface area (Å²) in [5.41, 5.74) is 0. The van der Waals surface area contributed by atoms with Crippen LogP contribution in [0.25, 0.3) is 0 Å². The third-order valence-corrected chi connectivity index (χ3v) is 12.4. The number of aliphatic hydroxyl groups is 2. The van der Waals surface area contributed by atoms with Crippen molar-refractivity contribution in [3.05, 3.63) is 60.8 Å². The van der Waals surface area contributed by atoms with E-state index in [1.54, 1.807) is 0 Å². The monoisotopic (exact) mass is 896 g/mol. The molecule has 0 aromatic rings. The number of carbonyl (C=O) groups is 2. The lowest BCUT2D eigenvalue weighted by Crippen LogP contribution is -2.46. The van der Waals surface area contributed by atoms with Gasteiger partial charge in [-0.3, -0.25) is 9.59 Å². The largest absolute Gasteiger partial charge is 0.462 e. The minimum atomic E-state index is -0.794. The second-order valence-electron chi connectivity index (χ2n) is 18.7. The highest BCUT2D eigenvalue weighted by molar-refractivity contribution is 5.77. The average Bonchev–Trinajstić information content (AvgIpc) is 3.29. The van der Waals surface area contributed by atoms with Gasteiger partial charge in [0.25, 0.3) is 0 Å². The van der Waals surface area contributed by atoms with Crippen LogP contribution in [0.15, 0.2) is 60.8 Å². The van der Waals surface area contributed by atoms with E-state index >= 15 is 0 Å². The summed E-state index contributed by atoms with van der Waals surface area (Å²) in [4.78, 5) is 26.2. The number of hydrogen-bond acceptors (Lipinski definition) is 5. The first-order valence-electron chi connectivity index (χ1n) is 27.5. The highest BCUT2D eigenvalue weighted by Crippen LogP contribution is 2.18. The fourth-order valence-corrected chi connectivity index (χ4v) is 8.17. The van der Waals surface area contributed by atoms with Crippen LogP contribution in [0.4, 0.5) is 0 Å². The predicted octanol–water partition coefficient (Wildman–Crippen LogP) is 16.8. The third-order valence-electron chi connectivity index (χ3n) is 12.4. The molecular formula is C58H105NO5. The molecule has 64 heavy (non-hydrogen) atoms. The summed E-state index contributed by atoms with van der Waals surface area (Å²) in [6.07, 6.45) is 64.2. The molecule has 0 heterocycles. The van der Waals surface area contributed by atoms with Gasteiger partial charge >= 0.3 is 5.97 Å². The predicted molar refractivity (Wildman–Crippen MR) is 278 cm³/mol. The van der Waals surface area contributed by atoms with E-state index in [1.807, 2.05) is 0 Å². The van der Waals surface area contributed by atoms with Crippen molar-refractivity contribution in [3.8, 4) is 0 Å². The molecule has 3 atom stereocenters. The number of allylic oxidation sites excluding steroid dienone is 10. The molecule has 3 unspecified atom stereocenters. The fourth-order valence-electron chi connectivity index (χ4n) is 8.17. The van der Waals surface area contributed by atoms with Crippen LogP contribution in [0.2, 0.25) is 0 Å². The molecule has 0 bridgehead atoms. The van der Waals surface area contributed by atoms with Crippen molar-refractivity contribution in [1.82, 2.24) is 5.32 Å². The summed E-state index contributed by atoms with van der Waals surface area (Å²) in [6.45, 7) is 6.44. The molecule has 0 aliphatic heterocycles. The van der Waals surface area contributed by atoms with Crippen LogP contribution < -0.4 is 5.32 Å². The number of aliphatic hydroxyl groups excluding tert-OH is 2. The maximum Gasteiger partial charge on any atom is 0.306 e. The molecule has 0 spiro atoms. The highest BCUT2D eigenvalue weighted by Gasteiger charge is 2.24. The van der Waals surface area contributed by atoms with Crippen molar-refractivity contribution in [2.45, 2.75) is 289 Å². The number of esters is 1. The zero-order chi connectivity index (χ0) is 46.7. The summed E-state index contributed by atoms with van der Waals surface area (Å²) in [7, 11) is 0. The van der Waals surface area contributed by atoms with Crippen molar-refractivity contribution in [1.29, 1.82) is 0 Å². The number of nitrogens with one attached hydrogen (secondary N) is 1. The van der Waals surface area contributed by atoms with E-state index in [9.17, 15) is 19.8 Å². The highest BCUT2D eigenvalue weighted by atomic mass is 16.5. The first kappa shape index (κ1) is 61.6. The van der Waals surface area contributed by atoms with E-state index in [-0.39, 0.29) is 24.9 Å². The van der Waals surface area contributed by atoms with Gasteiger partial charge in [-0.1, -0.05) is 236 Å². The molecule has 0 radical (unpaired) electrons.